The first-order chi connectivity index (χ1) is 4.13. The lowest BCUT2D eigenvalue weighted by atomic mass is 10.2. The van der Waals surface area contributed by atoms with Gasteiger partial charge in [0.2, 0.25) is 0 Å². The van der Waals surface area contributed by atoms with Gasteiger partial charge in [0.05, 0.1) is 0 Å². The molecular formula is C7H12O2. The molecule has 1 N–H and O–H groups in total. The first-order valence-corrected chi connectivity index (χ1v) is 2.99. The number of aliphatic carboxylic acids is 1. The number of hydrogen-bond donors (Lipinski definition) is 1. The van der Waals surface area contributed by atoms with Gasteiger partial charge >= 0.3 is 5.97 Å². The Morgan fingerprint density at radius 3 is 2.44 bits per heavy atom. The molecule has 0 saturated heterocycles. The molecule has 0 heterocycles. The number of allylic oxidation sites excluding steroid dienone is 1. The third-order valence-corrected chi connectivity index (χ3v) is 0.994. The molecule has 0 unspecified atom stereocenters. The van der Waals surface area contributed by atoms with E-state index in [2.05, 4.69) is 6.58 Å². The van der Waals surface area contributed by atoms with Crippen LogP contribution in [0.1, 0.15) is 26.2 Å². The van der Waals surface area contributed by atoms with Crippen molar-refractivity contribution in [2.75, 3.05) is 0 Å². The maximum Gasteiger partial charge on any atom is 0.303 e. The van der Waals surface area contributed by atoms with Crippen LogP contribution in [0, 0.1) is 0 Å². The highest BCUT2D eigenvalue weighted by Crippen LogP contribution is 2.02. The average Bonchev–Trinajstić information content (AvgIpc) is 1.63. The van der Waals surface area contributed by atoms with Crippen LogP contribution in [-0.2, 0) is 4.79 Å². The molecule has 0 bridgehead atoms. The summed E-state index contributed by atoms with van der Waals surface area (Å²) in [5.41, 5.74) is 1.05. The Labute approximate surface area is 55.2 Å². The zero-order valence-corrected chi connectivity index (χ0v) is 5.68. The number of carboxylic acid groups (broad SMARTS) is 1. The van der Waals surface area contributed by atoms with Crippen molar-refractivity contribution in [2.24, 2.45) is 0 Å². The van der Waals surface area contributed by atoms with Gasteiger partial charge in [0.15, 0.2) is 0 Å². The lowest BCUT2D eigenvalue weighted by Gasteiger charge is -1.93. The van der Waals surface area contributed by atoms with Gasteiger partial charge in [-0.3, -0.25) is 4.79 Å². The summed E-state index contributed by atoms with van der Waals surface area (Å²) < 4.78 is 0. The number of rotatable bonds is 4. The monoisotopic (exact) mass is 129 g/mol. The molecule has 52 valence electrons. The van der Waals surface area contributed by atoms with E-state index in [1.807, 2.05) is 6.92 Å². The largest absolute Gasteiger partial charge is 0.481 e. The molecule has 0 aliphatic rings. The molecule has 0 saturated carbocycles. The van der Waals surface area contributed by atoms with Gasteiger partial charge < -0.3 is 5.11 Å². The highest BCUT2D eigenvalue weighted by Gasteiger charge is 1.94. The lowest BCUT2D eigenvalue weighted by Crippen LogP contribution is -1.93. The van der Waals surface area contributed by atoms with Crippen molar-refractivity contribution in [1.29, 1.82) is 0 Å². The first kappa shape index (κ1) is 8.21. The second-order valence-corrected chi connectivity index (χ2v) is 2.20. The topological polar surface area (TPSA) is 37.3 Å². The van der Waals surface area contributed by atoms with Crippen molar-refractivity contribution in [3.63, 3.8) is 0 Å². The molecule has 2 nitrogen and oxygen atoms in total. The second kappa shape index (κ2) is 4.13. The first-order valence-electron chi connectivity index (χ1n) is 2.99. The molecule has 0 aliphatic heterocycles. The van der Waals surface area contributed by atoms with Gasteiger partial charge in [-0.15, -0.1) is 6.58 Å². The summed E-state index contributed by atoms with van der Waals surface area (Å²) in [6, 6.07) is 0. The fourth-order valence-corrected chi connectivity index (χ4v) is 0.541. The Morgan fingerprint density at radius 2 is 2.11 bits per heavy atom. The van der Waals surface area contributed by atoms with Gasteiger partial charge in [-0.1, -0.05) is 5.57 Å². The zero-order chi connectivity index (χ0) is 7.28. The highest BCUT2D eigenvalue weighted by atomic mass is 16.4. The minimum Gasteiger partial charge on any atom is -0.481 e. The van der Waals surface area contributed by atoms with Crippen molar-refractivity contribution in [2.45, 2.75) is 26.2 Å². The van der Waals surface area contributed by atoms with Gasteiger partial charge in [-0.2, -0.15) is 0 Å². The van der Waals surface area contributed by atoms with Gasteiger partial charge in [-0.25, -0.2) is 0 Å². The Kier molecular flexibility index (Phi) is 3.76. The second-order valence-electron chi connectivity index (χ2n) is 2.20. The summed E-state index contributed by atoms with van der Waals surface area (Å²) in [4.78, 5) is 9.95. The van der Waals surface area contributed by atoms with Gasteiger partial charge in [0, 0.05) is 6.42 Å². The predicted molar refractivity (Wildman–Crippen MR) is 36.3 cm³/mol. The molecule has 2 heteroatoms. The molecule has 0 aliphatic carbocycles. The Hall–Kier alpha value is -0.790. The van der Waals surface area contributed by atoms with Crippen LogP contribution in [-0.4, -0.2) is 11.1 Å². The highest BCUT2D eigenvalue weighted by molar-refractivity contribution is 5.66. The third-order valence-electron chi connectivity index (χ3n) is 0.994. The summed E-state index contributed by atoms with van der Waals surface area (Å²) in [6.07, 6.45) is 1.80. The van der Waals surface area contributed by atoms with Crippen LogP contribution in [0.25, 0.3) is 0 Å². The van der Waals surface area contributed by atoms with E-state index in [4.69, 9.17) is 5.11 Å². The van der Waals surface area contributed by atoms with E-state index >= 15 is 0 Å². The molecule has 0 spiro atoms. The molecule has 0 aromatic heterocycles. The standard InChI is InChI=1S/C7H12O2/c1-6(2)4-3-5-7(8)9/h1,3-5H2,2H3,(H,8,9)/i2+1. The normalized spacial score (nSPS) is 9.00. The average molecular weight is 129 g/mol. The Morgan fingerprint density at radius 1 is 1.56 bits per heavy atom. The van der Waals surface area contributed by atoms with Crippen LogP contribution >= 0.6 is 0 Å². The molecule has 0 aromatic carbocycles. The fraction of sp³-hybridized carbons (Fsp3) is 0.571. The van der Waals surface area contributed by atoms with Crippen LogP contribution in [0.5, 0.6) is 0 Å². The smallest absolute Gasteiger partial charge is 0.303 e. The lowest BCUT2D eigenvalue weighted by molar-refractivity contribution is -0.137. The number of hydrogen-bond acceptors (Lipinski definition) is 1. The van der Waals surface area contributed by atoms with E-state index in [1.54, 1.807) is 0 Å². The number of carbonyl (C=O) groups is 1. The maximum absolute atomic E-state index is 9.95. The van der Waals surface area contributed by atoms with Crippen LogP contribution in [0.15, 0.2) is 12.2 Å². The molecule has 0 rings (SSSR count). The SMILES string of the molecule is C=C([13CH3])CCCC(=O)O. The molecular weight excluding hydrogens is 117 g/mol. The minimum atomic E-state index is -0.726. The minimum absolute atomic E-state index is 0.257. The summed E-state index contributed by atoms with van der Waals surface area (Å²) in [5.74, 6) is -0.726. The van der Waals surface area contributed by atoms with E-state index in [0.717, 1.165) is 12.0 Å². The van der Waals surface area contributed by atoms with Gasteiger partial charge in [0.1, 0.15) is 0 Å². The Balaban J connectivity index is 3.10. The predicted octanol–water partition coefficient (Wildman–Crippen LogP) is 1.82. The van der Waals surface area contributed by atoms with Crippen molar-refractivity contribution in [3.8, 4) is 0 Å². The van der Waals surface area contributed by atoms with Crippen molar-refractivity contribution >= 4 is 5.97 Å². The summed E-state index contributed by atoms with van der Waals surface area (Å²) in [6.45, 7) is 5.56. The maximum atomic E-state index is 9.95. The van der Waals surface area contributed by atoms with Crippen molar-refractivity contribution in [3.05, 3.63) is 12.2 Å². The van der Waals surface area contributed by atoms with Crippen molar-refractivity contribution in [1.82, 2.24) is 0 Å². The van der Waals surface area contributed by atoms with E-state index < -0.39 is 5.97 Å². The van der Waals surface area contributed by atoms with Crippen LogP contribution in [0.3, 0.4) is 0 Å². The van der Waals surface area contributed by atoms with Crippen LogP contribution in [0.4, 0.5) is 0 Å². The van der Waals surface area contributed by atoms with Crippen LogP contribution in [0.2, 0.25) is 0 Å². The third kappa shape index (κ3) is 7.21. The quantitative estimate of drug-likeness (QED) is 0.464. The fourth-order valence-electron chi connectivity index (χ4n) is 0.541. The van der Waals surface area contributed by atoms with Gasteiger partial charge in [0.25, 0.3) is 0 Å². The molecule has 0 amide bonds. The summed E-state index contributed by atoms with van der Waals surface area (Å²) in [5, 5.41) is 8.20. The number of carboxylic acids is 1. The molecule has 0 aromatic rings. The van der Waals surface area contributed by atoms with E-state index in [0.29, 0.717) is 6.42 Å². The summed E-state index contributed by atoms with van der Waals surface area (Å²) in [7, 11) is 0. The molecule has 0 atom stereocenters. The van der Waals surface area contributed by atoms with E-state index in [1.165, 1.54) is 0 Å². The van der Waals surface area contributed by atoms with Crippen molar-refractivity contribution < 1.29 is 9.90 Å². The van der Waals surface area contributed by atoms with Crippen LogP contribution < -0.4 is 0 Å². The van der Waals surface area contributed by atoms with E-state index in [-0.39, 0.29) is 6.42 Å². The summed E-state index contributed by atoms with van der Waals surface area (Å²) >= 11 is 0. The molecule has 0 fully saturated rings. The van der Waals surface area contributed by atoms with E-state index in [9.17, 15) is 4.79 Å². The zero-order valence-electron chi connectivity index (χ0n) is 5.68. The van der Waals surface area contributed by atoms with Gasteiger partial charge in [-0.05, 0) is 19.8 Å². The Bertz CT molecular complexity index is 102. The molecule has 9 heavy (non-hydrogen) atoms. The molecule has 0 radical (unpaired) electrons.